The largest absolute Gasteiger partial charge is 0.208 e. The average molecular weight is 766 g/mol. The van der Waals surface area contributed by atoms with Crippen LogP contribution in [-0.2, 0) is 0 Å². The number of benzene rings is 9. The van der Waals surface area contributed by atoms with Crippen molar-refractivity contribution in [1.82, 2.24) is 15.0 Å². The highest BCUT2D eigenvalue weighted by molar-refractivity contribution is 5.94. The molecular formula is C57H39N3. The first-order valence-corrected chi connectivity index (χ1v) is 20.3. The van der Waals surface area contributed by atoms with E-state index in [0.717, 1.165) is 66.8 Å². The normalized spacial score (nSPS) is 11.0. The van der Waals surface area contributed by atoms with Crippen LogP contribution in [0, 0.1) is 0 Å². The van der Waals surface area contributed by atoms with E-state index < -0.39 is 0 Å². The van der Waals surface area contributed by atoms with Gasteiger partial charge in [-0.1, -0.05) is 237 Å². The van der Waals surface area contributed by atoms with Gasteiger partial charge in [-0.15, -0.1) is 0 Å². The zero-order valence-electron chi connectivity index (χ0n) is 32.9. The molecule has 1 heterocycles. The first-order valence-electron chi connectivity index (χ1n) is 20.3. The van der Waals surface area contributed by atoms with Crippen LogP contribution >= 0.6 is 0 Å². The van der Waals surface area contributed by atoms with Crippen molar-refractivity contribution in [1.29, 1.82) is 0 Å². The van der Waals surface area contributed by atoms with Crippen LogP contribution in [0.3, 0.4) is 0 Å². The Morgan fingerprint density at radius 3 is 0.800 bits per heavy atom. The summed E-state index contributed by atoms with van der Waals surface area (Å²) in [6, 6.07) is 83.0. The molecule has 282 valence electrons. The van der Waals surface area contributed by atoms with Crippen molar-refractivity contribution in [2.24, 2.45) is 0 Å². The van der Waals surface area contributed by atoms with Gasteiger partial charge in [0.2, 0.25) is 0 Å². The van der Waals surface area contributed by atoms with Gasteiger partial charge < -0.3 is 0 Å². The molecule has 0 aliphatic carbocycles. The quantitative estimate of drug-likeness (QED) is 0.147. The van der Waals surface area contributed by atoms with Crippen LogP contribution in [0.25, 0.3) is 101 Å². The summed E-state index contributed by atoms with van der Waals surface area (Å²) < 4.78 is 0. The summed E-state index contributed by atoms with van der Waals surface area (Å²) in [5, 5.41) is 0. The molecule has 0 unspecified atom stereocenters. The monoisotopic (exact) mass is 765 g/mol. The Bertz CT molecular complexity index is 2900. The first-order chi connectivity index (χ1) is 29.7. The SMILES string of the molecule is c1ccc(-c2ccc(-c3nc(-c4ccc(-c5ccccc5)cc4)nc(-c4cccc(-c5ccc(-c6ccccc6)cc5)c4-c4ccc(-c5ccccc5)cc4)n3)cc2)cc1. The molecule has 0 fully saturated rings. The van der Waals surface area contributed by atoms with Crippen LogP contribution in [-0.4, -0.2) is 15.0 Å². The highest BCUT2D eigenvalue weighted by atomic mass is 15.0. The minimum atomic E-state index is 0.610. The van der Waals surface area contributed by atoms with E-state index >= 15 is 0 Å². The molecule has 0 aliphatic heterocycles. The number of hydrogen-bond acceptors (Lipinski definition) is 3. The molecule has 60 heavy (non-hydrogen) atoms. The number of rotatable bonds is 9. The third kappa shape index (κ3) is 7.56. The van der Waals surface area contributed by atoms with E-state index in [-0.39, 0.29) is 0 Å². The second-order valence-corrected chi connectivity index (χ2v) is 14.8. The molecule has 10 aromatic rings. The fourth-order valence-electron chi connectivity index (χ4n) is 7.86. The van der Waals surface area contributed by atoms with Gasteiger partial charge in [-0.05, 0) is 61.2 Å². The fraction of sp³-hybridized carbons (Fsp3) is 0. The Balaban J connectivity index is 1.14. The highest BCUT2D eigenvalue weighted by Crippen LogP contribution is 2.41. The summed E-state index contributed by atoms with van der Waals surface area (Å²) in [6.07, 6.45) is 0. The molecule has 0 amide bonds. The molecule has 0 saturated heterocycles. The van der Waals surface area contributed by atoms with Crippen LogP contribution in [0.1, 0.15) is 0 Å². The number of hydrogen-bond donors (Lipinski definition) is 0. The molecule has 3 nitrogen and oxygen atoms in total. The van der Waals surface area contributed by atoms with Crippen molar-refractivity contribution < 1.29 is 0 Å². The van der Waals surface area contributed by atoms with Crippen LogP contribution in [0.5, 0.6) is 0 Å². The maximum Gasteiger partial charge on any atom is 0.164 e. The molecule has 3 heteroatoms. The van der Waals surface area contributed by atoms with Gasteiger partial charge in [-0.25, -0.2) is 15.0 Å². The van der Waals surface area contributed by atoms with Crippen LogP contribution in [0.4, 0.5) is 0 Å². The molecule has 0 bridgehead atoms. The van der Waals surface area contributed by atoms with Gasteiger partial charge in [-0.2, -0.15) is 0 Å². The Hall–Kier alpha value is -8.01. The Morgan fingerprint density at radius 2 is 0.433 bits per heavy atom. The molecule has 0 radical (unpaired) electrons. The molecule has 10 rings (SSSR count). The zero-order chi connectivity index (χ0) is 40.1. The first kappa shape index (κ1) is 36.3. The lowest BCUT2D eigenvalue weighted by Gasteiger charge is -2.17. The predicted octanol–water partition coefficient (Wildman–Crippen LogP) is 14.9. The van der Waals surface area contributed by atoms with E-state index in [1.807, 2.05) is 12.1 Å². The molecule has 0 aliphatic rings. The van der Waals surface area contributed by atoms with Crippen molar-refractivity contribution in [2.45, 2.75) is 0 Å². The lowest BCUT2D eigenvalue weighted by Crippen LogP contribution is -2.02. The highest BCUT2D eigenvalue weighted by Gasteiger charge is 2.20. The minimum absolute atomic E-state index is 0.610. The van der Waals surface area contributed by atoms with Gasteiger partial charge in [0.05, 0.1) is 0 Å². The zero-order valence-corrected chi connectivity index (χ0v) is 32.9. The summed E-state index contributed by atoms with van der Waals surface area (Å²) in [6.45, 7) is 0. The third-order valence-corrected chi connectivity index (χ3v) is 11.0. The van der Waals surface area contributed by atoms with Gasteiger partial charge in [-0.3, -0.25) is 0 Å². The topological polar surface area (TPSA) is 38.7 Å². The molecule has 9 aromatic carbocycles. The molecule has 1 aromatic heterocycles. The summed E-state index contributed by atoms with van der Waals surface area (Å²) in [7, 11) is 0. The molecule has 0 atom stereocenters. The van der Waals surface area contributed by atoms with E-state index in [4.69, 9.17) is 15.0 Å². The summed E-state index contributed by atoms with van der Waals surface area (Å²) in [5.74, 6) is 1.84. The van der Waals surface area contributed by atoms with Crippen molar-refractivity contribution in [2.75, 3.05) is 0 Å². The van der Waals surface area contributed by atoms with Crippen LogP contribution in [0.2, 0.25) is 0 Å². The minimum Gasteiger partial charge on any atom is -0.208 e. The van der Waals surface area contributed by atoms with Gasteiger partial charge in [0.1, 0.15) is 0 Å². The fourth-order valence-corrected chi connectivity index (χ4v) is 7.86. The smallest absolute Gasteiger partial charge is 0.164 e. The Morgan fingerprint density at radius 1 is 0.167 bits per heavy atom. The molecule has 0 spiro atoms. The molecular weight excluding hydrogens is 727 g/mol. The van der Waals surface area contributed by atoms with Crippen molar-refractivity contribution >= 4 is 0 Å². The summed E-state index contributed by atoms with van der Waals surface area (Å²) in [5.41, 5.74) is 16.4. The standard InChI is InChI=1S/C57H39N3/c1-5-14-40(15-6-1)44-24-32-48(33-25-44)52-22-13-23-53(54(52)49-34-26-45(27-35-49)41-16-7-2-8-17-41)57-59-55(50-36-28-46(29-37-50)42-18-9-3-10-19-42)58-56(60-57)51-38-30-47(31-39-51)43-20-11-4-12-21-43/h1-39H. The van der Waals surface area contributed by atoms with Crippen molar-refractivity contribution in [3.8, 4) is 101 Å². The maximum atomic E-state index is 5.28. The van der Waals surface area contributed by atoms with E-state index in [1.54, 1.807) is 0 Å². The van der Waals surface area contributed by atoms with Gasteiger partial charge >= 0.3 is 0 Å². The van der Waals surface area contributed by atoms with E-state index in [2.05, 4.69) is 224 Å². The van der Waals surface area contributed by atoms with Gasteiger partial charge in [0.25, 0.3) is 0 Å². The summed E-state index contributed by atoms with van der Waals surface area (Å²) >= 11 is 0. The lowest BCUT2D eigenvalue weighted by molar-refractivity contribution is 1.07. The Kier molecular flexibility index (Phi) is 9.97. The number of aromatic nitrogens is 3. The van der Waals surface area contributed by atoms with E-state index in [1.165, 1.54) is 16.7 Å². The summed E-state index contributed by atoms with van der Waals surface area (Å²) in [4.78, 5) is 15.7. The third-order valence-electron chi connectivity index (χ3n) is 11.0. The van der Waals surface area contributed by atoms with Crippen molar-refractivity contribution in [3.05, 3.63) is 237 Å². The Labute approximate surface area is 351 Å². The molecule has 0 N–H and O–H groups in total. The van der Waals surface area contributed by atoms with Crippen LogP contribution < -0.4 is 0 Å². The second kappa shape index (κ2) is 16.5. The van der Waals surface area contributed by atoms with Crippen molar-refractivity contribution in [3.63, 3.8) is 0 Å². The van der Waals surface area contributed by atoms with E-state index in [9.17, 15) is 0 Å². The van der Waals surface area contributed by atoms with Gasteiger partial charge in [0, 0.05) is 22.3 Å². The average Bonchev–Trinajstić information content (AvgIpc) is 3.35. The van der Waals surface area contributed by atoms with Gasteiger partial charge in [0.15, 0.2) is 17.5 Å². The lowest BCUT2D eigenvalue weighted by atomic mass is 9.88. The molecule has 0 saturated carbocycles. The predicted molar refractivity (Wildman–Crippen MR) is 249 cm³/mol. The second-order valence-electron chi connectivity index (χ2n) is 14.8. The van der Waals surface area contributed by atoms with Crippen LogP contribution in [0.15, 0.2) is 237 Å². The van der Waals surface area contributed by atoms with E-state index in [0.29, 0.717) is 17.5 Å². The number of nitrogens with zero attached hydrogens (tertiary/aromatic N) is 3. The maximum absolute atomic E-state index is 5.28.